The van der Waals surface area contributed by atoms with Crippen LogP contribution in [0.15, 0.2) is 91.0 Å². The molecular formula is C22H17ClOS. The minimum Gasteiger partial charge on any atom is -0.289 e. The van der Waals surface area contributed by atoms with Gasteiger partial charge >= 0.3 is 0 Å². The average molecular weight is 365 g/mol. The summed E-state index contributed by atoms with van der Waals surface area (Å²) in [5, 5.41) is 0.627. The SMILES string of the molecule is O=C(/C=C(/SCc1ccccc1)c1ccccc1)c1ccc(Cl)cc1. The predicted octanol–water partition coefficient (Wildman–Crippen LogP) is 6.50. The van der Waals surface area contributed by atoms with Crippen LogP contribution >= 0.6 is 23.4 Å². The smallest absolute Gasteiger partial charge is 0.186 e. The predicted molar refractivity (Wildman–Crippen MR) is 108 cm³/mol. The van der Waals surface area contributed by atoms with Gasteiger partial charge < -0.3 is 0 Å². The van der Waals surface area contributed by atoms with E-state index < -0.39 is 0 Å². The molecule has 0 radical (unpaired) electrons. The van der Waals surface area contributed by atoms with Crippen molar-refractivity contribution in [2.45, 2.75) is 5.75 Å². The Balaban J connectivity index is 1.85. The van der Waals surface area contributed by atoms with Gasteiger partial charge in [-0.3, -0.25) is 4.79 Å². The molecule has 0 saturated heterocycles. The van der Waals surface area contributed by atoms with Gasteiger partial charge in [0.1, 0.15) is 0 Å². The fraction of sp³-hybridized carbons (Fsp3) is 0.0455. The van der Waals surface area contributed by atoms with Gasteiger partial charge in [-0.2, -0.15) is 0 Å². The summed E-state index contributed by atoms with van der Waals surface area (Å²) in [5.74, 6) is 0.797. The first-order chi connectivity index (χ1) is 12.2. The van der Waals surface area contributed by atoms with E-state index in [4.69, 9.17) is 11.6 Å². The Morgan fingerprint density at radius 3 is 2.04 bits per heavy atom. The largest absolute Gasteiger partial charge is 0.289 e. The molecule has 0 aliphatic heterocycles. The van der Waals surface area contributed by atoms with Crippen LogP contribution in [0, 0.1) is 0 Å². The van der Waals surface area contributed by atoms with Crippen LogP contribution in [0.25, 0.3) is 4.91 Å². The third kappa shape index (κ3) is 5.09. The van der Waals surface area contributed by atoms with Crippen LogP contribution in [0.5, 0.6) is 0 Å². The van der Waals surface area contributed by atoms with Crippen LogP contribution in [-0.4, -0.2) is 5.78 Å². The van der Waals surface area contributed by atoms with Crippen molar-refractivity contribution in [2.24, 2.45) is 0 Å². The van der Waals surface area contributed by atoms with Crippen LogP contribution < -0.4 is 0 Å². The van der Waals surface area contributed by atoms with E-state index in [1.807, 2.05) is 48.5 Å². The molecule has 3 aromatic rings. The molecule has 0 spiro atoms. The molecule has 0 bridgehead atoms. The van der Waals surface area contributed by atoms with Crippen molar-refractivity contribution in [2.75, 3.05) is 0 Å². The highest BCUT2D eigenvalue weighted by atomic mass is 35.5. The van der Waals surface area contributed by atoms with E-state index in [-0.39, 0.29) is 5.78 Å². The fourth-order valence-electron chi connectivity index (χ4n) is 2.36. The Morgan fingerprint density at radius 1 is 0.800 bits per heavy atom. The van der Waals surface area contributed by atoms with Crippen molar-refractivity contribution < 1.29 is 4.79 Å². The maximum Gasteiger partial charge on any atom is 0.186 e. The van der Waals surface area contributed by atoms with Gasteiger partial charge in [0.05, 0.1) is 0 Å². The molecule has 25 heavy (non-hydrogen) atoms. The zero-order chi connectivity index (χ0) is 17.5. The zero-order valence-electron chi connectivity index (χ0n) is 13.6. The minimum absolute atomic E-state index is 0.0175. The van der Waals surface area contributed by atoms with E-state index in [2.05, 4.69) is 12.1 Å². The number of thioether (sulfide) groups is 1. The molecule has 0 aliphatic carbocycles. The van der Waals surface area contributed by atoms with Crippen LogP contribution in [0.1, 0.15) is 21.5 Å². The van der Waals surface area contributed by atoms with Gasteiger partial charge in [0.25, 0.3) is 0 Å². The van der Waals surface area contributed by atoms with Crippen molar-refractivity contribution in [3.05, 3.63) is 113 Å². The Labute approximate surface area is 157 Å². The lowest BCUT2D eigenvalue weighted by Crippen LogP contribution is -1.96. The van der Waals surface area contributed by atoms with E-state index in [1.165, 1.54) is 5.56 Å². The summed E-state index contributed by atoms with van der Waals surface area (Å²) in [6, 6.07) is 27.2. The second-order valence-corrected chi connectivity index (χ2v) is 6.97. The van der Waals surface area contributed by atoms with Gasteiger partial charge in [0.2, 0.25) is 0 Å². The summed E-state index contributed by atoms with van der Waals surface area (Å²) in [6.07, 6.45) is 1.71. The Hall–Kier alpha value is -2.29. The first-order valence-corrected chi connectivity index (χ1v) is 9.32. The Morgan fingerprint density at radius 2 is 1.40 bits per heavy atom. The van der Waals surface area contributed by atoms with Crippen LogP contribution in [-0.2, 0) is 5.75 Å². The first kappa shape index (κ1) is 17.5. The highest BCUT2D eigenvalue weighted by molar-refractivity contribution is 8.07. The van der Waals surface area contributed by atoms with E-state index >= 15 is 0 Å². The topological polar surface area (TPSA) is 17.1 Å². The lowest BCUT2D eigenvalue weighted by Gasteiger charge is -2.08. The molecule has 0 saturated carbocycles. The standard InChI is InChI=1S/C22H17ClOS/c23-20-13-11-18(12-14-20)21(24)15-22(19-9-5-2-6-10-19)25-16-17-7-3-1-4-8-17/h1-15H,16H2/b22-15+. The van der Waals surface area contributed by atoms with E-state index in [1.54, 1.807) is 42.1 Å². The highest BCUT2D eigenvalue weighted by Gasteiger charge is 2.08. The Kier molecular flexibility index (Phi) is 6.10. The van der Waals surface area contributed by atoms with Gasteiger partial charge in [0, 0.05) is 27.3 Å². The molecule has 0 fully saturated rings. The van der Waals surface area contributed by atoms with Crippen molar-refractivity contribution in [3.63, 3.8) is 0 Å². The van der Waals surface area contributed by atoms with Gasteiger partial charge in [-0.15, -0.1) is 11.8 Å². The molecular weight excluding hydrogens is 348 g/mol. The van der Waals surface area contributed by atoms with Gasteiger partial charge in [-0.25, -0.2) is 0 Å². The third-order valence-electron chi connectivity index (χ3n) is 3.69. The van der Waals surface area contributed by atoms with Crippen molar-refractivity contribution in [1.29, 1.82) is 0 Å². The average Bonchev–Trinajstić information content (AvgIpc) is 2.67. The summed E-state index contributed by atoms with van der Waals surface area (Å²) < 4.78 is 0. The van der Waals surface area contributed by atoms with Crippen LogP contribution in [0.3, 0.4) is 0 Å². The molecule has 0 aliphatic rings. The molecule has 0 N–H and O–H groups in total. The summed E-state index contributed by atoms with van der Waals surface area (Å²) in [4.78, 5) is 13.6. The molecule has 1 nitrogen and oxygen atoms in total. The maximum atomic E-state index is 12.6. The van der Waals surface area contributed by atoms with Crippen LogP contribution in [0.4, 0.5) is 0 Å². The monoisotopic (exact) mass is 364 g/mol. The van der Waals surface area contributed by atoms with Crippen molar-refractivity contribution >= 4 is 34.1 Å². The van der Waals surface area contributed by atoms with E-state index in [9.17, 15) is 4.79 Å². The van der Waals surface area contributed by atoms with Gasteiger partial charge in [0.15, 0.2) is 5.78 Å². The summed E-state index contributed by atoms with van der Waals surface area (Å²) >= 11 is 7.57. The number of ketones is 1. The van der Waals surface area contributed by atoms with E-state index in [0.717, 1.165) is 16.2 Å². The molecule has 3 rings (SSSR count). The molecule has 0 amide bonds. The van der Waals surface area contributed by atoms with E-state index in [0.29, 0.717) is 10.6 Å². The molecule has 0 unspecified atom stereocenters. The molecule has 0 heterocycles. The van der Waals surface area contributed by atoms with Gasteiger partial charge in [-0.05, 0) is 35.4 Å². The lowest BCUT2D eigenvalue weighted by molar-refractivity contribution is 0.104. The Bertz CT molecular complexity index is 856. The molecule has 0 aromatic heterocycles. The quantitative estimate of drug-likeness (QED) is 0.367. The second kappa shape index (κ2) is 8.70. The number of hydrogen-bond donors (Lipinski definition) is 0. The number of benzene rings is 3. The number of hydrogen-bond acceptors (Lipinski definition) is 2. The third-order valence-corrected chi connectivity index (χ3v) is 5.08. The normalized spacial score (nSPS) is 11.3. The highest BCUT2D eigenvalue weighted by Crippen LogP contribution is 2.31. The summed E-state index contributed by atoms with van der Waals surface area (Å²) in [5.41, 5.74) is 2.91. The maximum absolute atomic E-state index is 12.6. The number of carbonyl (C=O) groups is 1. The fourth-order valence-corrected chi connectivity index (χ4v) is 3.50. The number of rotatable bonds is 6. The number of halogens is 1. The zero-order valence-corrected chi connectivity index (χ0v) is 15.1. The molecule has 0 atom stereocenters. The summed E-state index contributed by atoms with van der Waals surface area (Å²) in [6.45, 7) is 0. The van der Waals surface area contributed by atoms with Crippen molar-refractivity contribution in [1.82, 2.24) is 0 Å². The minimum atomic E-state index is -0.0175. The molecule has 124 valence electrons. The first-order valence-electron chi connectivity index (χ1n) is 7.96. The molecule has 3 aromatic carbocycles. The second-order valence-electron chi connectivity index (χ2n) is 5.52. The van der Waals surface area contributed by atoms with Crippen LogP contribution in [0.2, 0.25) is 5.02 Å². The lowest BCUT2D eigenvalue weighted by atomic mass is 10.1. The molecule has 3 heteroatoms. The van der Waals surface area contributed by atoms with Gasteiger partial charge in [-0.1, -0.05) is 72.3 Å². The number of allylic oxidation sites excluding steroid dienone is 1. The van der Waals surface area contributed by atoms with Crippen molar-refractivity contribution in [3.8, 4) is 0 Å². The number of carbonyl (C=O) groups excluding carboxylic acids is 1. The summed E-state index contributed by atoms with van der Waals surface area (Å²) in [7, 11) is 0.